The van der Waals surface area contributed by atoms with Gasteiger partial charge in [0.25, 0.3) is 5.69 Å². The van der Waals surface area contributed by atoms with E-state index in [-0.39, 0.29) is 17.2 Å². The van der Waals surface area contributed by atoms with Crippen LogP contribution in [-0.2, 0) is 9.59 Å². The van der Waals surface area contributed by atoms with Gasteiger partial charge in [0.15, 0.2) is 5.78 Å². The molecule has 8 nitrogen and oxygen atoms in total. The van der Waals surface area contributed by atoms with Crippen LogP contribution in [0.25, 0.3) is 16.8 Å². The van der Waals surface area contributed by atoms with Crippen molar-refractivity contribution in [3.05, 3.63) is 118 Å². The monoisotopic (exact) mass is 529 g/mol. The lowest BCUT2D eigenvalue weighted by molar-refractivity contribution is -0.384. The van der Waals surface area contributed by atoms with Crippen molar-refractivity contribution in [2.45, 2.75) is 19.0 Å². The molecule has 0 spiro atoms. The van der Waals surface area contributed by atoms with Crippen LogP contribution in [-0.4, -0.2) is 34.6 Å². The molecule has 8 heteroatoms. The maximum atomic E-state index is 14.2. The zero-order chi connectivity index (χ0) is 27.7. The number of rotatable bonds is 4. The number of aryl methyl sites for hydroxylation is 1. The molecule has 0 N–H and O–H groups in total. The largest absolute Gasteiger partial charge is 0.352 e. The van der Waals surface area contributed by atoms with Crippen molar-refractivity contribution in [2.75, 3.05) is 9.80 Å². The highest BCUT2D eigenvalue weighted by molar-refractivity contribution is 6.26. The minimum absolute atomic E-state index is 0.183. The molecule has 3 aliphatic rings. The van der Waals surface area contributed by atoms with E-state index < -0.39 is 40.7 Å². The standard InChI is InChI=1S/C32H23N3O5/c1-18-11-13-21(35(39)40)17-26(18)34-31(37)27-25-16-14-23-22-10-6-5-7-19(22)12-15-24(23)33(25)29(28(27)32(34)38)30(36)20-8-3-2-4-9-20/h2-17,25,27-29H,1H3/t25-,27+,28+,29-/m0/s1. The molecule has 40 heavy (non-hydrogen) atoms. The number of carbonyl (C=O) groups is 3. The van der Waals surface area contributed by atoms with Crippen LogP contribution in [0.3, 0.4) is 0 Å². The third-order valence-electron chi connectivity index (χ3n) is 8.38. The first-order valence-corrected chi connectivity index (χ1v) is 13.1. The van der Waals surface area contributed by atoms with Crippen molar-refractivity contribution < 1.29 is 19.3 Å². The SMILES string of the molecule is Cc1ccc([N+](=O)[O-])cc1N1C(=O)[C@@H]2[C@H](C1=O)[C@@H]1C=Cc3c(ccc4ccccc34)N1[C@@H]2C(=O)c1ccccc1. The van der Waals surface area contributed by atoms with Gasteiger partial charge < -0.3 is 4.90 Å². The summed E-state index contributed by atoms with van der Waals surface area (Å²) in [6, 6.07) is 23.4. The van der Waals surface area contributed by atoms with Gasteiger partial charge in [0, 0.05) is 28.9 Å². The lowest BCUT2D eigenvalue weighted by Crippen LogP contribution is -2.49. The van der Waals surface area contributed by atoms with Crippen LogP contribution in [0.4, 0.5) is 17.1 Å². The molecular weight excluding hydrogens is 506 g/mol. The Morgan fingerprint density at radius 3 is 2.35 bits per heavy atom. The Hall–Kier alpha value is -5.11. The number of ketones is 1. The van der Waals surface area contributed by atoms with Gasteiger partial charge in [-0.3, -0.25) is 24.5 Å². The van der Waals surface area contributed by atoms with E-state index in [1.165, 1.54) is 18.2 Å². The Balaban J connectivity index is 1.40. The fraction of sp³-hybridized carbons (Fsp3) is 0.156. The van der Waals surface area contributed by atoms with E-state index in [1.807, 2.05) is 59.5 Å². The summed E-state index contributed by atoms with van der Waals surface area (Å²) < 4.78 is 0. The predicted octanol–water partition coefficient (Wildman–Crippen LogP) is 5.33. The van der Waals surface area contributed by atoms with Crippen molar-refractivity contribution in [2.24, 2.45) is 11.8 Å². The first-order chi connectivity index (χ1) is 19.4. The van der Waals surface area contributed by atoms with Crippen molar-refractivity contribution in [1.29, 1.82) is 0 Å². The average molecular weight is 530 g/mol. The van der Waals surface area contributed by atoms with Gasteiger partial charge in [-0.1, -0.05) is 78.9 Å². The van der Waals surface area contributed by atoms with Gasteiger partial charge in [-0.05, 0) is 29.3 Å². The van der Waals surface area contributed by atoms with E-state index in [9.17, 15) is 24.5 Å². The van der Waals surface area contributed by atoms with Gasteiger partial charge in [-0.15, -0.1) is 0 Å². The maximum Gasteiger partial charge on any atom is 0.271 e. The molecule has 196 valence electrons. The second-order valence-corrected chi connectivity index (χ2v) is 10.4. The van der Waals surface area contributed by atoms with Crippen molar-refractivity contribution in [3.8, 4) is 0 Å². The number of non-ortho nitro benzene ring substituents is 1. The molecular formula is C32H23N3O5. The highest BCUT2D eigenvalue weighted by Gasteiger charge is 2.64. The number of nitrogens with zero attached hydrogens (tertiary/aromatic N) is 3. The number of imide groups is 1. The van der Waals surface area contributed by atoms with E-state index in [0.29, 0.717) is 11.1 Å². The zero-order valence-corrected chi connectivity index (χ0v) is 21.4. The van der Waals surface area contributed by atoms with Crippen LogP contribution >= 0.6 is 0 Å². The van der Waals surface area contributed by atoms with Gasteiger partial charge in [-0.25, -0.2) is 4.90 Å². The number of fused-ring (bicyclic) bond motifs is 7. The molecule has 2 amide bonds. The summed E-state index contributed by atoms with van der Waals surface area (Å²) in [6.07, 6.45) is 3.89. The van der Waals surface area contributed by atoms with Gasteiger partial charge >= 0.3 is 0 Å². The van der Waals surface area contributed by atoms with Gasteiger partial charge in [0.2, 0.25) is 11.8 Å². The second kappa shape index (κ2) is 8.71. The van der Waals surface area contributed by atoms with Crippen LogP contribution in [0.2, 0.25) is 0 Å². The van der Waals surface area contributed by atoms with E-state index >= 15 is 0 Å². The number of amides is 2. The van der Waals surface area contributed by atoms with E-state index in [1.54, 1.807) is 31.2 Å². The van der Waals surface area contributed by atoms with Crippen molar-refractivity contribution in [1.82, 2.24) is 0 Å². The lowest BCUT2D eigenvalue weighted by atomic mass is 9.86. The van der Waals surface area contributed by atoms with Crippen LogP contribution in [0.1, 0.15) is 21.5 Å². The fourth-order valence-electron chi connectivity index (χ4n) is 6.59. The van der Waals surface area contributed by atoms with E-state index in [4.69, 9.17) is 0 Å². The summed E-state index contributed by atoms with van der Waals surface area (Å²) in [7, 11) is 0. The number of hydrogen-bond acceptors (Lipinski definition) is 6. The summed E-state index contributed by atoms with van der Waals surface area (Å²) in [5.74, 6) is -2.99. The minimum Gasteiger partial charge on any atom is -0.352 e. The third-order valence-corrected chi connectivity index (χ3v) is 8.38. The number of Topliss-reactive ketones (excluding diaryl/α,β-unsaturated/α-hetero) is 1. The molecule has 4 aromatic carbocycles. The van der Waals surface area contributed by atoms with Crippen LogP contribution in [0, 0.1) is 28.9 Å². The highest BCUT2D eigenvalue weighted by atomic mass is 16.6. The summed E-state index contributed by atoms with van der Waals surface area (Å²) in [4.78, 5) is 56.4. The Labute approximate surface area is 229 Å². The van der Waals surface area contributed by atoms with Crippen molar-refractivity contribution in [3.63, 3.8) is 0 Å². The first-order valence-electron chi connectivity index (χ1n) is 13.1. The second-order valence-electron chi connectivity index (χ2n) is 10.4. The lowest BCUT2D eigenvalue weighted by Gasteiger charge is -2.37. The molecule has 3 aliphatic heterocycles. The molecule has 4 atom stereocenters. The minimum atomic E-state index is -0.953. The quantitative estimate of drug-likeness (QED) is 0.153. The van der Waals surface area contributed by atoms with Gasteiger partial charge in [0.1, 0.15) is 6.04 Å². The molecule has 2 fully saturated rings. The molecule has 2 saturated heterocycles. The van der Waals surface area contributed by atoms with Crippen LogP contribution < -0.4 is 9.80 Å². The summed E-state index contributed by atoms with van der Waals surface area (Å²) in [6.45, 7) is 1.70. The zero-order valence-electron chi connectivity index (χ0n) is 21.4. The van der Waals surface area contributed by atoms with Crippen LogP contribution in [0.5, 0.6) is 0 Å². The van der Waals surface area contributed by atoms with Crippen molar-refractivity contribution >= 4 is 51.5 Å². The van der Waals surface area contributed by atoms with E-state index in [2.05, 4.69) is 0 Å². The fourth-order valence-corrected chi connectivity index (χ4v) is 6.59. The molecule has 0 aromatic heterocycles. The molecule has 0 radical (unpaired) electrons. The number of nitro groups is 1. The summed E-state index contributed by atoms with van der Waals surface area (Å²) >= 11 is 0. The molecule has 0 unspecified atom stereocenters. The molecule has 0 aliphatic carbocycles. The molecule has 0 bridgehead atoms. The predicted molar refractivity (Wildman–Crippen MR) is 151 cm³/mol. The number of carbonyl (C=O) groups excluding carboxylic acids is 3. The number of anilines is 2. The van der Waals surface area contributed by atoms with Gasteiger partial charge in [0.05, 0.1) is 28.5 Å². The first kappa shape index (κ1) is 24.0. The Morgan fingerprint density at radius 1 is 0.850 bits per heavy atom. The number of benzene rings is 4. The average Bonchev–Trinajstić information content (AvgIpc) is 3.45. The summed E-state index contributed by atoms with van der Waals surface area (Å²) in [5, 5.41) is 13.6. The normalized spacial score (nSPS) is 22.8. The Kier molecular flexibility index (Phi) is 5.22. The molecule has 7 rings (SSSR count). The third kappa shape index (κ3) is 3.29. The number of hydrogen-bond donors (Lipinski definition) is 0. The molecule has 4 aromatic rings. The van der Waals surface area contributed by atoms with Crippen LogP contribution in [0.15, 0.2) is 91.0 Å². The van der Waals surface area contributed by atoms with E-state index in [0.717, 1.165) is 26.9 Å². The Morgan fingerprint density at radius 2 is 1.57 bits per heavy atom. The smallest absolute Gasteiger partial charge is 0.271 e. The molecule has 3 heterocycles. The topological polar surface area (TPSA) is 101 Å². The maximum absolute atomic E-state index is 14.2. The highest BCUT2D eigenvalue weighted by Crippen LogP contribution is 2.51. The summed E-state index contributed by atoms with van der Waals surface area (Å²) in [5.41, 5.74) is 2.72. The Bertz CT molecular complexity index is 1800. The number of nitro benzene ring substituents is 1. The molecule has 0 saturated carbocycles. The van der Waals surface area contributed by atoms with Gasteiger partial charge in [-0.2, -0.15) is 0 Å².